The molecule has 0 heterocycles. The fraction of sp³-hybridized carbons (Fsp3) is 0.0303. The molecule has 0 saturated carbocycles. The first-order valence-corrected chi connectivity index (χ1v) is 14.2. The molecule has 0 aliphatic carbocycles. The van der Waals surface area contributed by atoms with Crippen molar-refractivity contribution in [3.05, 3.63) is 144 Å². The highest BCUT2D eigenvalue weighted by Gasteiger charge is 2.49. The van der Waals surface area contributed by atoms with Crippen LogP contribution in [0.5, 0.6) is 11.5 Å². The van der Waals surface area contributed by atoms with Gasteiger partial charge in [0, 0.05) is 11.6 Å². The lowest BCUT2D eigenvalue weighted by molar-refractivity contribution is -0.255. The maximum Gasteiger partial charge on any atom is 0.336 e. The number of rotatable bonds is 6. The van der Waals surface area contributed by atoms with Gasteiger partial charge in [-0.3, -0.25) is 0 Å². The van der Waals surface area contributed by atoms with E-state index < -0.39 is 19.2 Å². The van der Waals surface area contributed by atoms with Crippen molar-refractivity contribution in [2.75, 3.05) is 0 Å². The van der Waals surface area contributed by atoms with Crippen molar-refractivity contribution in [2.45, 2.75) is 6.92 Å². The van der Waals surface area contributed by atoms with E-state index in [4.69, 9.17) is 5.11 Å². The Hall–Kier alpha value is -4.93. The molecule has 5 aromatic carbocycles. The summed E-state index contributed by atoms with van der Waals surface area (Å²) in [7, 11) is -2.38. The van der Waals surface area contributed by atoms with Crippen LogP contribution in [0.4, 0.5) is 0 Å². The molecule has 0 radical (unpaired) electrons. The van der Waals surface area contributed by atoms with E-state index in [9.17, 15) is 24.9 Å². The van der Waals surface area contributed by atoms with Gasteiger partial charge in [0.25, 0.3) is 0 Å². The summed E-state index contributed by atoms with van der Waals surface area (Å²) in [5.41, 5.74) is 0.155. The zero-order valence-electron chi connectivity index (χ0n) is 21.6. The van der Waals surface area contributed by atoms with Gasteiger partial charge in [-0.15, -0.1) is 0 Å². The zero-order valence-corrected chi connectivity index (χ0v) is 22.5. The topological polar surface area (TPSA) is 118 Å². The smallest absolute Gasteiger partial charge is 0.336 e. The van der Waals surface area contributed by atoms with Crippen LogP contribution in [0, 0.1) is 6.92 Å². The quantitative estimate of drug-likeness (QED) is 0.219. The number of carbonyl (C=O) groups is 2. The first kappa shape index (κ1) is 28.1. The number of carboxylic acid groups (broad SMARTS) is 2. The van der Waals surface area contributed by atoms with Crippen LogP contribution in [0.25, 0.3) is 0 Å². The van der Waals surface area contributed by atoms with Crippen LogP contribution in [-0.4, -0.2) is 27.3 Å². The number of aromatic hydroxyl groups is 2. The average molecular weight is 551 g/mol. The van der Waals surface area contributed by atoms with Gasteiger partial charge in [0.2, 0.25) is 0 Å². The minimum Gasteiger partial charge on any atom is -0.545 e. The molecule has 0 aromatic heterocycles. The molecule has 0 aliphatic heterocycles. The van der Waals surface area contributed by atoms with Gasteiger partial charge in [0.1, 0.15) is 28.9 Å². The van der Waals surface area contributed by atoms with Crippen LogP contribution < -0.4 is 26.3 Å². The lowest BCUT2D eigenvalue weighted by atomic mass is 10.0. The minimum absolute atomic E-state index is 0.148. The van der Waals surface area contributed by atoms with Crippen molar-refractivity contribution < 1.29 is 30.0 Å². The van der Waals surface area contributed by atoms with Crippen LogP contribution in [-0.2, 0) is 0 Å². The maximum atomic E-state index is 10.9. The van der Waals surface area contributed by atoms with Gasteiger partial charge < -0.3 is 25.2 Å². The summed E-state index contributed by atoms with van der Waals surface area (Å²) in [5, 5.41) is 44.4. The summed E-state index contributed by atoms with van der Waals surface area (Å²) in [6.45, 7) is 1.68. The molecule has 0 unspecified atom stereocenters. The molecule has 0 amide bonds. The van der Waals surface area contributed by atoms with Gasteiger partial charge in [0.05, 0.1) is 11.5 Å². The van der Waals surface area contributed by atoms with Gasteiger partial charge in [0.15, 0.2) is 11.1 Å². The third-order valence-corrected chi connectivity index (χ3v) is 10.7. The van der Waals surface area contributed by atoms with Crippen LogP contribution in [0.3, 0.4) is 0 Å². The van der Waals surface area contributed by atoms with Gasteiger partial charge >= 0.3 is 5.97 Å². The van der Waals surface area contributed by atoms with E-state index in [1.807, 2.05) is 54.6 Å². The fourth-order valence-electron chi connectivity index (χ4n) is 4.61. The number of hydrogen-bond donors (Lipinski definition) is 3. The largest absolute Gasteiger partial charge is 0.545 e. The molecule has 0 aliphatic rings. The Morgan fingerprint density at radius 1 is 0.625 bits per heavy atom. The summed E-state index contributed by atoms with van der Waals surface area (Å²) in [5.74, 6) is -2.40. The summed E-state index contributed by atoms with van der Waals surface area (Å²) in [4.78, 5) is 21.1. The molecule has 200 valence electrons. The van der Waals surface area contributed by atoms with Crippen molar-refractivity contribution in [2.24, 2.45) is 0 Å². The predicted octanol–water partition coefficient (Wildman–Crippen LogP) is 3.77. The molecule has 0 spiro atoms. The van der Waals surface area contributed by atoms with E-state index in [0.717, 1.165) is 21.2 Å². The molecule has 5 rings (SSSR count). The van der Waals surface area contributed by atoms with Crippen LogP contribution in [0.1, 0.15) is 26.3 Å². The van der Waals surface area contributed by atoms with Crippen LogP contribution >= 0.6 is 7.26 Å². The molecular weight excluding hydrogens is 523 g/mol. The molecule has 0 atom stereocenters. The predicted molar refractivity (Wildman–Crippen MR) is 157 cm³/mol. The highest BCUT2D eigenvalue weighted by molar-refractivity contribution is 8.01. The van der Waals surface area contributed by atoms with Crippen LogP contribution in [0.2, 0.25) is 0 Å². The number of hydrogen-bond acceptors (Lipinski definition) is 5. The van der Waals surface area contributed by atoms with Crippen molar-refractivity contribution in [1.29, 1.82) is 0 Å². The molecule has 5 aromatic rings. The fourth-order valence-corrected chi connectivity index (χ4v) is 8.94. The Labute approximate surface area is 232 Å². The average Bonchev–Trinajstić information content (AvgIpc) is 2.97. The number of carboxylic acids is 2. The molecular formula is C33H27O6P. The van der Waals surface area contributed by atoms with Crippen molar-refractivity contribution >= 4 is 40.4 Å². The van der Waals surface area contributed by atoms with Crippen molar-refractivity contribution in [1.82, 2.24) is 0 Å². The van der Waals surface area contributed by atoms with E-state index in [2.05, 4.69) is 36.4 Å². The molecule has 0 saturated heterocycles. The van der Waals surface area contributed by atoms with Gasteiger partial charge in [-0.1, -0.05) is 66.2 Å². The number of phenols is 2. The highest BCUT2D eigenvalue weighted by Crippen LogP contribution is 2.56. The summed E-state index contributed by atoms with van der Waals surface area (Å²) in [6, 6.07) is 39.7. The number of phenolic OH excluding ortho intramolecular Hbond substituents is 2. The van der Waals surface area contributed by atoms with E-state index in [0.29, 0.717) is 5.56 Å². The summed E-state index contributed by atoms with van der Waals surface area (Å²) >= 11 is 0. The number of aromatic carboxylic acids is 2. The minimum atomic E-state index is -2.38. The molecule has 3 N–H and O–H groups in total. The Bertz CT molecular complexity index is 1520. The van der Waals surface area contributed by atoms with Crippen LogP contribution in [0.15, 0.2) is 127 Å². The standard InChI is InChI=1S/C24H19O2P.C9H8O4/c25-19-16-17-23(26)24(18-19)27(20-10-4-1-5-11-20,21-12-6-2-7-13-21)22-14-8-3-9-15-22;1-5-2-3-6(8(10)11)7(4-5)9(12)13/h1-18H,(H-,25,26);2-4H,1H3,(H,10,11)(H,12,13). The first-order chi connectivity index (χ1) is 19.2. The van der Waals surface area contributed by atoms with E-state index in [1.54, 1.807) is 19.1 Å². The van der Waals surface area contributed by atoms with Gasteiger partial charge in [-0.25, -0.2) is 4.79 Å². The second-order valence-corrected chi connectivity index (χ2v) is 12.4. The van der Waals surface area contributed by atoms with E-state index >= 15 is 0 Å². The molecule has 0 bridgehead atoms. The second kappa shape index (κ2) is 12.3. The van der Waals surface area contributed by atoms with E-state index in [1.165, 1.54) is 24.3 Å². The van der Waals surface area contributed by atoms with Crippen molar-refractivity contribution in [3.8, 4) is 11.5 Å². The molecule has 7 heteroatoms. The first-order valence-electron chi connectivity index (χ1n) is 12.4. The monoisotopic (exact) mass is 550 g/mol. The highest BCUT2D eigenvalue weighted by atomic mass is 31.2. The van der Waals surface area contributed by atoms with Crippen molar-refractivity contribution in [3.63, 3.8) is 0 Å². The van der Waals surface area contributed by atoms with Gasteiger partial charge in [-0.05, 0) is 67.6 Å². The Kier molecular flexibility index (Phi) is 8.63. The Balaban J connectivity index is 0.000000240. The summed E-state index contributed by atoms with van der Waals surface area (Å²) in [6.07, 6.45) is 0. The third-order valence-electron chi connectivity index (χ3n) is 6.38. The normalized spacial score (nSPS) is 10.7. The second-order valence-electron chi connectivity index (χ2n) is 8.99. The molecule has 0 fully saturated rings. The zero-order chi connectivity index (χ0) is 28.7. The lowest BCUT2D eigenvalue weighted by Gasteiger charge is -2.28. The third kappa shape index (κ3) is 5.73. The summed E-state index contributed by atoms with van der Waals surface area (Å²) < 4.78 is 0. The van der Waals surface area contributed by atoms with Gasteiger partial charge in [-0.2, -0.15) is 0 Å². The number of aryl methyl sites for hydroxylation is 1. The molecule has 6 nitrogen and oxygen atoms in total. The SMILES string of the molecule is Cc1ccc(C(=O)O)c(C(=O)[O-])c1.Oc1ccc(O)c([P+](c2ccccc2)(c2ccccc2)c2ccccc2)c1. The Morgan fingerprint density at radius 2 is 1.10 bits per heavy atom. The lowest BCUT2D eigenvalue weighted by Crippen LogP contribution is -2.38. The van der Waals surface area contributed by atoms with E-state index in [-0.39, 0.29) is 22.6 Å². The molecule has 40 heavy (non-hydrogen) atoms. The maximum absolute atomic E-state index is 10.9. The Morgan fingerprint density at radius 3 is 1.52 bits per heavy atom. The number of benzene rings is 5. The number of carbonyl (C=O) groups excluding carboxylic acids is 1.